The van der Waals surface area contributed by atoms with Crippen molar-refractivity contribution < 1.29 is 0 Å². The summed E-state index contributed by atoms with van der Waals surface area (Å²) in [5, 5.41) is 0.969. The number of hydrogen-bond acceptors (Lipinski definition) is 3. The second-order valence-corrected chi connectivity index (χ2v) is 20.7. The monoisotopic (exact) mass is 1040 g/mol. The van der Waals surface area contributed by atoms with Gasteiger partial charge in [0.15, 0.2) is 5.82 Å². The molecule has 3 nitrogen and oxygen atoms in total. The number of hydrogen-bond donors (Lipinski definition) is 0. The van der Waals surface area contributed by atoms with Crippen LogP contribution in [0.25, 0.3) is 145 Å². The van der Waals surface area contributed by atoms with Crippen molar-refractivity contribution in [2.45, 2.75) is 0 Å². The molecule has 0 radical (unpaired) electrons. The molecule has 0 aliphatic carbocycles. The third-order valence-corrected chi connectivity index (χ3v) is 15.5. The average molecular weight is 1040 g/mol. The molecule has 0 amide bonds. The van der Waals surface area contributed by atoms with Crippen LogP contribution in [0.2, 0.25) is 0 Å². The summed E-state index contributed by atoms with van der Waals surface area (Å²) < 4.78 is 0. The minimum absolute atomic E-state index is 0.646. The van der Waals surface area contributed by atoms with Gasteiger partial charge in [-0.2, -0.15) is 0 Å². The predicted molar refractivity (Wildman–Crippen MR) is 343 cm³/mol. The Morgan fingerprint density at radius 2 is 0.451 bits per heavy atom. The number of fused-ring (bicyclic) bond motifs is 1. The molecule has 0 N–H and O–H groups in total. The van der Waals surface area contributed by atoms with Crippen LogP contribution in [0.15, 0.2) is 322 Å². The van der Waals surface area contributed by atoms with E-state index in [1.54, 1.807) is 0 Å². The number of rotatable bonds is 12. The van der Waals surface area contributed by atoms with Gasteiger partial charge in [0.05, 0.1) is 22.6 Å². The second kappa shape index (κ2) is 22.1. The Bertz CT molecular complexity index is 4400. The van der Waals surface area contributed by atoms with Crippen LogP contribution in [0.4, 0.5) is 0 Å². The first kappa shape index (κ1) is 49.4. The highest BCUT2D eigenvalue weighted by Gasteiger charge is 2.20. The first-order valence-electron chi connectivity index (χ1n) is 27.9. The summed E-state index contributed by atoms with van der Waals surface area (Å²) in [6.45, 7) is 0. The molecule has 384 valence electrons. The van der Waals surface area contributed by atoms with E-state index in [1.807, 2.05) is 12.1 Å². The quantitative estimate of drug-likeness (QED) is 0.122. The molecule has 14 rings (SSSR count). The molecular formula is C79H53N3. The van der Waals surface area contributed by atoms with Crippen LogP contribution in [0, 0.1) is 0 Å². The molecule has 14 aromatic rings. The summed E-state index contributed by atoms with van der Waals surface area (Å²) in [7, 11) is 0. The lowest BCUT2D eigenvalue weighted by molar-refractivity contribution is 1.23. The van der Waals surface area contributed by atoms with Crippen molar-refractivity contribution >= 4 is 10.9 Å². The van der Waals surface area contributed by atoms with Crippen LogP contribution in [0.3, 0.4) is 0 Å². The summed E-state index contributed by atoms with van der Waals surface area (Å²) in [6.07, 6.45) is 0. The van der Waals surface area contributed by atoms with Gasteiger partial charge in [0.25, 0.3) is 0 Å². The van der Waals surface area contributed by atoms with Crippen LogP contribution in [0.5, 0.6) is 0 Å². The van der Waals surface area contributed by atoms with Crippen LogP contribution < -0.4 is 0 Å². The lowest BCUT2D eigenvalue weighted by Gasteiger charge is -2.16. The average Bonchev–Trinajstić information content (AvgIpc) is 3.74. The second-order valence-electron chi connectivity index (χ2n) is 20.7. The smallest absolute Gasteiger partial charge is 0.160 e. The zero-order valence-electron chi connectivity index (χ0n) is 44.9. The van der Waals surface area contributed by atoms with Crippen LogP contribution >= 0.6 is 0 Å². The summed E-state index contributed by atoms with van der Waals surface area (Å²) >= 11 is 0. The largest absolute Gasteiger partial charge is 0.248 e. The van der Waals surface area contributed by atoms with Crippen LogP contribution in [0.1, 0.15) is 0 Å². The molecule has 0 saturated heterocycles. The van der Waals surface area contributed by atoms with Crippen molar-refractivity contribution in [3.8, 4) is 134 Å². The highest BCUT2D eigenvalue weighted by atomic mass is 14.9. The van der Waals surface area contributed by atoms with Gasteiger partial charge in [0.2, 0.25) is 0 Å². The fourth-order valence-corrected chi connectivity index (χ4v) is 11.2. The number of pyridine rings is 1. The van der Waals surface area contributed by atoms with Crippen molar-refractivity contribution in [3.05, 3.63) is 322 Å². The van der Waals surface area contributed by atoms with Crippen molar-refractivity contribution in [3.63, 3.8) is 0 Å². The molecule has 3 heteroatoms. The zero-order valence-corrected chi connectivity index (χ0v) is 44.9. The molecule has 0 atom stereocenters. The van der Waals surface area contributed by atoms with Gasteiger partial charge in [-0.3, -0.25) is 0 Å². The van der Waals surface area contributed by atoms with Crippen LogP contribution in [-0.2, 0) is 0 Å². The molecule has 0 saturated carbocycles. The molecular weight excluding hydrogens is 991 g/mol. The third kappa shape index (κ3) is 10.2. The Labute approximate surface area is 478 Å². The Morgan fingerprint density at radius 1 is 0.171 bits per heavy atom. The van der Waals surface area contributed by atoms with E-state index in [2.05, 4.69) is 309 Å². The summed E-state index contributed by atoms with van der Waals surface area (Å²) in [5.74, 6) is 0.646. The van der Waals surface area contributed by atoms with E-state index in [1.165, 1.54) is 38.9 Å². The standard InChI is InChI=1S/C79H53N3/c1-7-19-54(20-8-1)58-31-33-61(34-32-58)71-50-73(63-41-35-59(36-42-63)55-21-9-2-10-22-55)78-74(51-71)77(66-43-37-60(38-44-66)70-48-68(56-23-11-3-12-24-56)47-69(49-70)57-25-13-4-14-26-57)81-79(82-78)67-45-39-62(40-46-67)72-52-75(64-27-15-5-16-28-64)80-76(53-72)65-29-17-6-18-30-65/h1-53H. The lowest BCUT2D eigenvalue weighted by atomic mass is 9.91. The predicted octanol–water partition coefficient (Wildman–Crippen LogP) is 21.0. The maximum absolute atomic E-state index is 5.62. The molecule has 2 aromatic heterocycles. The summed E-state index contributed by atoms with van der Waals surface area (Å²) in [5.41, 5.74) is 25.7. The van der Waals surface area contributed by atoms with Crippen molar-refractivity contribution in [2.75, 3.05) is 0 Å². The van der Waals surface area contributed by atoms with Gasteiger partial charge in [-0.15, -0.1) is 0 Å². The van der Waals surface area contributed by atoms with E-state index in [0.29, 0.717) is 5.82 Å². The molecule has 82 heavy (non-hydrogen) atoms. The maximum atomic E-state index is 5.62. The first-order valence-corrected chi connectivity index (χ1v) is 27.9. The topological polar surface area (TPSA) is 38.7 Å². The van der Waals surface area contributed by atoms with E-state index >= 15 is 0 Å². The van der Waals surface area contributed by atoms with E-state index in [-0.39, 0.29) is 0 Å². The van der Waals surface area contributed by atoms with E-state index in [0.717, 1.165) is 100 Å². The number of benzene rings is 12. The first-order chi connectivity index (χ1) is 40.6. The zero-order chi connectivity index (χ0) is 54.6. The van der Waals surface area contributed by atoms with Gasteiger partial charge in [0.1, 0.15) is 0 Å². The molecule has 0 aliphatic heterocycles. The fourth-order valence-electron chi connectivity index (χ4n) is 11.2. The van der Waals surface area contributed by atoms with E-state index in [4.69, 9.17) is 15.0 Å². The Kier molecular flexibility index (Phi) is 13.3. The van der Waals surface area contributed by atoms with Gasteiger partial charge in [-0.25, -0.2) is 15.0 Å². The highest BCUT2D eigenvalue weighted by molar-refractivity contribution is 6.05. The van der Waals surface area contributed by atoms with Crippen molar-refractivity contribution in [1.29, 1.82) is 0 Å². The van der Waals surface area contributed by atoms with Gasteiger partial charge >= 0.3 is 0 Å². The minimum Gasteiger partial charge on any atom is -0.248 e. The van der Waals surface area contributed by atoms with Crippen molar-refractivity contribution in [2.24, 2.45) is 0 Å². The summed E-state index contributed by atoms with van der Waals surface area (Å²) in [6, 6.07) is 115. The van der Waals surface area contributed by atoms with Gasteiger partial charge in [-0.1, -0.05) is 279 Å². The van der Waals surface area contributed by atoms with Crippen molar-refractivity contribution in [1.82, 2.24) is 15.0 Å². The normalized spacial score (nSPS) is 11.2. The number of aromatic nitrogens is 3. The number of nitrogens with zero attached hydrogens (tertiary/aromatic N) is 3. The summed E-state index contributed by atoms with van der Waals surface area (Å²) in [4.78, 5) is 16.4. The molecule has 0 spiro atoms. The molecule has 2 heterocycles. The molecule has 12 aromatic carbocycles. The molecule has 0 aliphatic rings. The minimum atomic E-state index is 0.646. The fraction of sp³-hybridized carbons (Fsp3) is 0. The van der Waals surface area contributed by atoms with Gasteiger partial charge in [0, 0.05) is 33.2 Å². The van der Waals surface area contributed by atoms with Crippen LogP contribution in [-0.4, -0.2) is 15.0 Å². The maximum Gasteiger partial charge on any atom is 0.160 e. The molecule has 0 fully saturated rings. The van der Waals surface area contributed by atoms with Gasteiger partial charge < -0.3 is 0 Å². The Hall–Kier alpha value is -10.9. The Balaban J connectivity index is 0.938. The third-order valence-electron chi connectivity index (χ3n) is 15.5. The van der Waals surface area contributed by atoms with E-state index < -0.39 is 0 Å². The SMILES string of the molecule is c1ccc(-c2ccc(-c3cc(-c4ccc(-c5ccccc5)cc4)c4nc(-c5ccc(-c6cc(-c7ccccc7)nc(-c7ccccc7)c6)cc5)nc(-c5ccc(-c6cc(-c7ccccc7)cc(-c7ccccc7)c6)cc5)c4c3)cc2)cc1. The molecule has 0 bridgehead atoms. The van der Waals surface area contributed by atoms with Gasteiger partial charge in [-0.05, 0) is 126 Å². The molecule has 0 unspecified atom stereocenters. The Morgan fingerprint density at radius 3 is 0.841 bits per heavy atom. The van der Waals surface area contributed by atoms with E-state index in [9.17, 15) is 0 Å². The highest BCUT2D eigenvalue weighted by Crippen LogP contribution is 2.42. The lowest BCUT2D eigenvalue weighted by Crippen LogP contribution is -1.98.